The Morgan fingerprint density at radius 2 is 0.862 bits per heavy atom. The minimum atomic E-state index is 1.09. The molecule has 1 heterocycles. The van der Waals surface area contributed by atoms with Crippen LogP contribution in [0.4, 0.5) is 17.1 Å². The van der Waals surface area contributed by atoms with E-state index < -0.39 is 0 Å². The molecule has 2 nitrogen and oxygen atoms in total. The quantitative estimate of drug-likeness (QED) is 0.158. The lowest BCUT2D eigenvalue weighted by Crippen LogP contribution is -2.11. The monoisotopic (exact) mass is 738 g/mol. The van der Waals surface area contributed by atoms with Gasteiger partial charge in [-0.2, -0.15) is 0 Å². The van der Waals surface area contributed by atoms with Crippen molar-refractivity contribution in [3.63, 3.8) is 0 Å². The highest BCUT2D eigenvalue weighted by Crippen LogP contribution is 2.44. The van der Waals surface area contributed by atoms with E-state index in [2.05, 4.69) is 240 Å². The van der Waals surface area contributed by atoms with Gasteiger partial charge < -0.3 is 9.47 Å². The Kier molecular flexibility index (Phi) is 8.19. The molecule has 0 bridgehead atoms. The van der Waals surface area contributed by atoms with Crippen molar-refractivity contribution in [2.75, 3.05) is 4.90 Å². The van der Waals surface area contributed by atoms with Gasteiger partial charge in [-0.3, -0.25) is 0 Å². The van der Waals surface area contributed by atoms with E-state index in [-0.39, 0.29) is 0 Å². The molecule has 0 N–H and O–H groups in total. The zero-order valence-corrected chi connectivity index (χ0v) is 31.8. The second-order valence-corrected chi connectivity index (χ2v) is 14.9. The van der Waals surface area contributed by atoms with Gasteiger partial charge in [0.2, 0.25) is 0 Å². The number of nitrogens with zero attached hydrogens (tertiary/aromatic N) is 2. The molecule has 11 aromatic rings. The molecule has 0 fully saturated rings. The predicted octanol–water partition coefficient (Wildman–Crippen LogP) is 15.6. The van der Waals surface area contributed by atoms with Crippen molar-refractivity contribution in [2.24, 2.45) is 0 Å². The summed E-state index contributed by atoms with van der Waals surface area (Å²) in [6.07, 6.45) is 0. The molecule has 10 aromatic carbocycles. The summed E-state index contributed by atoms with van der Waals surface area (Å²) in [6, 6.07) is 83.7. The number of benzene rings is 10. The average molecular weight is 739 g/mol. The molecule has 0 saturated carbocycles. The lowest BCUT2D eigenvalue weighted by atomic mass is 9.98. The maximum absolute atomic E-state index is 2.47. The van der Waals surface area contributed by atoms with Crippen molar-refractivity contribution in [1.82, 2.24) is 4.57 Å². The molecule has 272 valence electrons. The zero-order valence-electron chi connectivity index (χ0n) is 31.8. The largest absolute Gasteiger partial charge is 0.310 e. The Morgan fingerprint density at radius 1 is 0.310 bits per heavy atom. The number of hydrogen-bond donors (Lipinski definition) is 0. The first-order valence-corrected chi connectivity index (χ1v) is 19.9. The maximum atomic E-state index is 2.47. The topological polar surface area (TPSA) is 8.17 Å². The Labute approximate surface area is 338 Å². The normalized spacial score (nSPS) is 11.4. The molecular formula is C56H38N2. The summed E-state index contributed by atoms with van der Waals surface area (Å²) in [4.78, 5) is 2.40. The molecule has 0 atom stereocenters. The first-order chi connectivity index (χ1) is 28.8. The molecule has 0 radical (unpaired) electrons. The van der Waals surface area contributed by atoms with Crippen molar-refractivity contribution in [1.29, 1.82) is 0 Å². The molecular weight excluding hydrogens is 701 g/mol. The summed E-state index contributed by atoms with van der Waals surface area (Å²) in [6.45, 7) is 0. The second kappa shape index (κ2) is 14.1. The maximum Gasteiger partial charge on any atom is 0.0619 e. The SMILES string of the molecule is c1ccc(-c2ccc(N(c3ccc(-c4ccccc4-n4c5ccccc5c5ccc6ccccc6c54)cc3)c3ccccc3-c3ccc4ccccc4c3)cc2)cc1. The van der Waals surface area contributed by atoms with Crippen LogP contribution < -0.4 is 4.90 Å². The van der Waals surface area contributed by atoms with Gasteiger partial charge in [-0.25, -0.2) is 0 Å². The zero-order chi connectivity index (χ0) is 38.4. The van der Waals surface area contributed by atoms with Crippen LogP contribution in [0.5, 0.6) is 0 Å². The highest BCUT2D eigenvalue weighted by molar-refractivity contribution is 6.19. The van der Waals surface area contributed by atoms with Gasteiger partial charge in [-0.1, -0.05) is 182 Å². The van der Waals surface area contributed by atoms with Crippen molar-refractivity contribution in [3.05, 3.63) is 231 Å². The Bertz CT molecular complexity index is 3270. The van der Waals surface area contributed by atoms with Gasteiger partial charge in [0.25, 0.3) is 0 Å². The summed E-state index contributed by atoms with van der Waals surface area (Å²) in [5.41, 5.74) is 14.0. The van der Waals surface area contributed by atoms with E-state index >= 15 is 0 Å². The van der Waals surface area contributed by atoms with Crippen LogP contribution in [0.2, 0.25) is 0 Å². The molecule has 11 rings (SSSR count). The first kappa shape index (κ1) is 33.6. The lowest BCUT2D eigenvalue weighted by Gasteiger charge is -2.28. The molecule has 1 aromatic heterocycles. The third kappa shape index (κ3) is 5.74. The highest BCUT2D eigenvalue weighted by Gasteiger charge is 2.20. The van der Waals surface area contributed by atoms with Gasteiger partial charge in [-0.05, 0) is 86.9 Å². The van der Waals surface area contributed by atoms with Crippen molar-refractivity contribution in [3.8, 4) is 39.1 Å². The van der Waals surface area contributed by atoms with Crippen LogP contribution in [-0.2, 0) is 0 Å². The van der Waals surface area contributed by atoms with Crippen LogP contribution >= 0.6 is 0 Å². The highest BCUT2D eigenvalue weighted by atomic mass is 15.1. The standard InChI is InChI=1S/C56H38N2/c1-2-14-39(15-3-1)41-28-33-46(34-29-41)57(53-23-11-9-20-49(53)45-27-26-40-16-4-5-18-44(40)38-45)47-35-30-43(31-36-47)48-19-8-12-24-54(48)58-55-25-13-10-22-51(55)52-37-32-42-17-6-7-21-50(42)56(52)58/h1-38H. The Balaban J connectivity index is 1.06. The van der Waals surface area contributed by atoms with Gasteiger partial charge in [0.1, 0.15) is 0 Å². The lowest BCUT2D eigenvalue weighted by molar-refractivity contribution is 1.19. The third-order valence-electron chi connectivity index (χ3n) is 11.6. The summed E-state index contributed by atoms with van der Waals surface area (Å²) in [5.74, 6) is 0. The fourth-order valence-electron chi connectivity index (χ4n) is 8.81. The molecule has 0 aliphatic heterocycles. The number of rotatable bonds is 7. The number of hydrogen-bond acceptors (Lipinski definition) is 1. The number of anilines is 3. The molecule has 0 amide bonds. The summed E-state index contributed by atoms with van der Waals surface area (Å²) in [7, 11) is 0. The van der Waals surface area contributed by atoms with Crippen molar-refractivity contribution < 1.29 is 0 Å². The van der Waals surface area contributed by atoms with E-state index in [1.807, 2.05) is 0 Å². The molecule has 0 saturated heterocycles. The van der Waals surface area contributed by atoms with Gasteiger partial charge in [0.05, 0.1) is 22.4 Å². The summed E-state index contributed by atoms with van der Waals surface area (Å²) < 4.78 is 2.47. The molecule has 0 unspecified atom stereocenters. The van der Waals surface area contributed by atoms with Gasteiger partial charge in [-0.15, -0.1) is 0 Å². The van der Waals surface area contributed by atoms with E-state index in [1.165, 1.54) is 71.2 Å². The fraction of sp³-hybridized carbons (Fsp3) is 0. The Morgan fingerprint density at radius 3 is 1.66 bits per heavy atom. The van der Waals surface area contributed by atoms with Crippen molar-refractivity contribution in [2.45, 2.75) is 0 Å². The minimum absolute atomic E-state index is 1.09. The van der Waals surface area contributed by atoms with Gasteiger partial charge in [0.15, 0.2) is 0 Å². The van der Waals surface area contributed by atoms with E-state index in [9.17, 15) is 0 Å². The van der Waals surface area contributed by atoms with E-state index in [0.29, 0.717) is 0 Å². The number of para-hydroxylation sites is 3. The van der Waals surface area contributed by atoms with E-state index in [4.69, 9.17) is 0 Å². The molecule has 0 aliphatic rings. The minimum Gasteiger partial charge on any atom is -0.310 e. The van der Waals surface area contributed by atoms with Crippen LogP contribution in [0.3, 0.4) is 0 Å². The molecule has 0 aliphatic carbocycles. The molecule has 2 heteroatoms. The Hall–Kier alpha value is -7.68. The number of aromatic nitrogens is 1. The van der Waals surface area contributed by atoms with E-state index in [0.717, 1.165) is 28.3 Å². The smallest absolute Gasteiger partial charge is 0.0619 e. The third-order valence-corrected chi connectivity index (χ3v) is 11.6. The van der Waals surface area contributed by atoms with E-state index in [1.54, 1.807) is 0 Å². The van der Waals surface area contributed by atoms with Crippen LogP contribution in [0, 0.1) is 0 Å². The van der Waals surface area contributed by atoms with Crippen LogP contribution in [-0.4, -0.2) is 4.57 Å². The number of fused-ring (bicyclic) bond motifs is 6. The van der Waals surface area contributed by atoms with Crippen LogP contribution in [0.15, 0.2) is 231 Å². The predicted molar refractivity (Wildman–Crippen MR) is 247 cm³/mol. The van der Waals surface area contributed by atoms with Crippen LogP contribution in [0.1, 0.15) is 0 Å². The average Bonchev–Trinajstić information content (AvgIpc) is 3.65. The molecule has 0 spiro atoms. The second-order valence-electron chi connectivity index (χ2n) is 14.9. The van der Waals surface area contributed by atoms with Gasteiger partial charge in [0, 0.05) is 38.7 Å². The molecule has 58 heavy (non-hydrogen) atoms. The summed E-state index contributed by atoms with van der Waals surface area (Å²) in [5, 5.41) is 7.47. The van der Waals surface area contributed by atoms with Crippen LogP contribution in [0.25, 0.3) is 82.4 Å². The summed E-state index contributed by atoms with van der Waals surface area (Å²) >= 11 is 0. The fourth-order valence-corrected chi connectivity index (χ4v) is 8.81. The van der Waals surface area contributed by atoms with Crippen molar-refractivity contribution >= 4 is 60.4 Å². The first-order valence-electron chi connectivity index (χ1n) is 19.9. The van der Waals surface area contributed by atoms with Gasteiger partial charge >= 0.3 is 0 Å².